The van der Waals surface area contributed by atoms with E-state index in [-0.39, 0.29) is 28.0 Å². The van der Waals surface area contributed by atoms with Gasteiger partial charge < -0.3 is 14.5 Å². The molecule has 5 nitrogen and oxygen atoms in total. The van der Waals surface area contributed by atoms with Gasteiger partial charge in [0.15, 0.2) is 11.5 Å². The Labute approximate surface area is 135 Å². The number of hydrogen-bond acceptors (Lipinski definition) is 4. The fourth-order valence-electron chi connectivity index (χ4n) is 2.42. The predicted molar refractivity (Wildman–Crippen MR) is 84.8 cm³/mol. The Bertz CT molecular complexity index is 911. The Morgan fingerprint density at radius 3 is 2.58 bits per heavy atom. The summed E-state index contributed by atoms with van der Waals surface area (Å²) in [4.78, 5) is 19.3. The second-order valence-corrected chi connectivity index (χ2v) is 5.07. The van der Waals surface area contributed by atoms with Crippen LogP contribution < -0.4 is 15.0 Å². The lowest BCUT2D eigenvalue weighted by Gasteiger charge is -2.11. The number of hydrogen-bond donors (Lipinski definition) is 1. The number of fused-ring (bicyclic) bond motifs is 1. The van der Waals surface area contributed by atoms with Gasteiger partial charge in [0.05, 0.1) is 18.0 Å². The minimum atomic E-state index is -3.00. The van der Waals surface area contributed by atoms with Crippen molar-refractivity contribution in [1.29, 1.82) is 0 Å². The molecular formula is C17H14F2N2O3. The standard InChI is InChI=1S/C17H14F2N2O3/c1-23-13-8-11-12(9-14(13)24-17(18)19)20-15(21-16(11)22)7-10-5-3-2-4-6-10/h2-6,8-9,17H,7H2,1H3,(H,20,21,22). The number of nitrogens with zero attached hydrogens (tertiary/aromatic N) is 1. The van der Waals surface area contributed by atoms with Gasteiger partial charge in [0.1, 0.15) is 5.82 Å². The predicted octanol–water partition coefficient (Wildman–Crippen LogP) is 3.12. The van der Waals surface area contributed by atoms with Crippen LogP contribution in [0.25, 0.3) is 10.9 Å². The molecule has 7 heteroatoms. The number of rotatable bonds is 5. The SMILES string of the molecule is COc1cc2c(=O)[nH]c(Cc3ccccc3)nc2cc1OC(F)F. The van der Waals surface area contributed by atoms with E-state index in [4.69, 9.17) is 4.74 Å². The smallest absolute Gasteiger partial charge is 0.387 e. The summed E-state index contributed by atoms with van der Waals surface area (Å²) in [5.41, 5.74) is 0.867. The van der Waals surface area contributed by atoms with Crippen molar-refractivity contribution < 1.29 is 18.3 Å². The van der Waals surface area contributed by atoms with Crippen molar-refractivity contribution in [2.24, 2.45) is 0 Å². The van der Waals surface area contributed by atoms with Crippen LogP contribution in [0.15, 0.2) is 47.3 Å². The van der Waals surface area contributed by atoms with E-state index in [9.17, 15) is 13.6 Å². The molecule has 0 aliphatic heterocycles. The molecule has 1 N–H and O–H groups in total. The lowest BCUT2D eigenvalue weighted by atomic mass is 10.1. The lowest BCUT2D eigenvalue weighted by molar-refractivity contribution is -0.0511. The summed E-state index contributed by atoms with van der Waals surface area (Å²) in [6, 6.07) is 12.1. The van der Waals surface area contributed by atoms with Crippen molar-refractivity contribution in [2.45, 2.75) is 13.0 Å². The molecule has 0 radical (unpaired) electrons. The largest absolute Gasteiger partial charge is 0.493 e. The monoisotopic (exact) mass is 332 g/mol. The van der Waals surface area contributed by atoms with E-state index < -0.39 is 6.61 Å². The highest BCUT2D eigenvalue weighted by Gasteiger charge is 2.15. The molecule has 0 aliphatic rings. The summed E-state index contributed by atoms with van der Waals surface area (Å²) in [7, 11) is 1.31. The van der Waals surface area contributed by atoms with Crippen LogP contribution in [0.3, 0.4) is 0 Å². The molecular weight excluding hydrogens is 318 g/mol. The second kappa shape index (κ2) is 6.66. The normalized spacial score (nSPS) is 11.0. The molecule has 0 unspecified atom stereocenters. The fourth-order valence-corrected chi connectivity index (χ4v) is 2.42. The number of H-pyrrole nitrogens is 1. The third-order valence-corrected chi connectivity index (χ3v) is 3.47. The van der Waals surface area contributed by atoms with E-state index in [2.05, 4.69) is 14.7 Å². The van der Waals surface area contributed by atoms with Crippen LogP contribution in [-0.2, 0) is 6.42 Å². The zero-order valence-electron chi connectivity index (χ0n) is 12.8. The van der Waals surface area contributed by atoms with Crippen molar-refractivity contribution in [3.8, 4) is 11.5 Å². The first kappa shape index (κ1) is 15.9. The van der Waals surface area contributed by atoms with Gasteiger partial charge in [-0.3, -0.25) is 4.79 Å². The van der Waals surface area contributed by atoms with Gasteiger partial charge in [-0.05, 0) is 11.6 Å². The fraction of sp³-hybridized carbons (Fsp3) is 0.176. The van der Waals surface area contributed by atoms with Crippen molar-refractivity contribution in [3.05, 3.63) is 64.2 Å². The minimum absolute atomic E-state index is 0.0471. The number of aromatic amines is 1. The molecule has 1 heterocycles. The highest BCUT2D eigenvalue weighted by molar-refractivity contribution is 5.81. The highest BCUT2D eigenvalue weighted by Crippen LogP contribution is 2.31. The molecule has 0 saturated carbocycles. The van der Waals surface area contributed by atoms with Gasteiger partial charge in [-0.15, -0.1) is 0 Å². The molecule has 0 fully saturated rings. The van der Waals surface area contributed by atoms with E-state index in [1.165, 1.54) is 19.2 Å². The first-order chi connectivity index (χ1) is 11.6. The molecule has 3 aromatic rings. The molecule has 3 rings (SSSR count). The average Bonchev–Trinajstić information content (AvgIpc) is 2.55. The van der Waals surface area contributed by atoms with Crippen molar-refractivity contribution in [1.82, 2.24) is 9.97 Å². The first-order valence-corrected chi connectivity index (χ1v) is 7.16. The summed E-state index contributed by atoms with van der Waals surface area (Å²) >= 11 is 0. The van der Waals surface area contributed by atoms with Gasteiger partial charge in [0, 0.05) is 12.5 Å². The quantitative estimate of drug-likeness (QED) is 0.780. The Morgan fingerprint density at radius 1 is 1.17 bits per heavy atom. The average molecular weight is 332 g/mol. The zero-order valence-corrected chi connectivity index (χ0v) is 12.8. The lowest BCUT2D eigenvalue weighted by Crippen LogP contribution is -2.13. The Balaban J connectivity index is 2.07. The third-order valence-electron chi connectivity index (χ3n) is 3.47. The summed E-state index contributed by atoms with van der Waals surface area (Å²) in [5.74, 6) is 0.321. The van der Waals surface area contributed by atoms with Crippen LogP contribution in [0.2, 0.25) is 0 Å². The van der Waals surface area contributed by atoms with Gasteiger partial charge in [-0.2, -0.15) is 8.78 Å². The molecule has 0 spiro atoms. The van der Waals surface area contributed by atoms with Crippen LogP contribution in [-0.4, -0.2) is 23.7 Å². The summed E-state index contributed by atoms with van der Waals surface area (Å²) in [6.45, 7) is -3.00. The number of nitrogens with one attached hydrogen (secondary N) is 1. The second-order valence-electron chi connectivity index (χ2n) is 5.07. The third kappa shape index (κ3) is 3.34. The maximum absolute atomic E-state index is 12.5. The Kier molecular flexibility index (Phi) is 4.41. The molecule has 2 aromatic carbocycles. The zero-order chi connectivity index (χ0) is 17.1. The highest BCUT2D eigenvalue weighted by atomic mass is 19.3. The minimum Gasteiger partial charge on any atom is -0.493 e. The van der Waals surface area contributed by atoms with Gasteiger partial charge >= 0.3 is 6.61 Å². The van der Waals surface area contributed by atoms with Crippen LogP contribution in [0.4, 0.5) is 8.78 Å². The van der Waals surface area contributed by atoms with Crippen molar-refractivity contribution >= 4 is 10.9 Å². The maximum Gasteiger partial charge on any atom is 0.387 e. The molecule has 1 aromatic heterocycles. The van der Waals surface area contributed by atoms with E-state index >= 15 is 0 Å². The molecule has 0 saturated heterocycles. The number of ether oxygens (including phenoxy) is 2. The topological polar surface area (TPSA) is 64.2 Å². The number of aromatic nitrogens is 2. The number of alkyl halides is 2. The maximum atomic E-state index is 12.5. The Hall–Kier alpha value is -2.96. The Morgan fingerprint density at radius 2 is 1.92 bits per heavy atom. The number of benzene rings is 2. The van der Waals surface area contributed by atoms with Gasteiger partial charge in [-0.25, -0.2) is 4.98 Å². The van der Waals surface area contributed by atoms with E-state index in [0.717, 1.165) is 5.56 Å². The molecule has 124 valence electrons. The van der Waals surface area contributed by atoms with Gasteiger partial charge in [0.25, 0.3) is 5.56 Å². The van der Waals surface area contributed by atoms with E-state index in [0.29, 0.717) is 12.2 Å². The first-order valence-electron chi connectivity index (χ1n) is 7.16. The summed E-state index contributed by atoms with van der Waals surface area (Å²) in [6.07, 6.45) is 0.420. The number of halogens is 2. The molecule has 0 aliphatic carbocycles. The van der Waals surface area contributed by atoms with Gasteiger partial charge in [-0.1, -0.05) is 30.3 Å². The molecule has 0 atom stereocenters. The number of methoxy groups -OCH3 is 1. The van der Waals surface area contributed by atoms with Crippen LogP contribution >= 0.6 is 0 Å². The molecule has 0 bridgehead atoms. The van der Waals surface area contributed by atoms with Crippen LogP contribution in [0, 0.1) is 0 Å². The van der Waals surface area contributed by atoms with Crippen LogP contribution in [0.5, 0.6) is 11.5 Å². The van der Waals surface area contributed by atoms with Crippen molar-refractivity contribution in [2.75, 3.05) is 7.11 Å². The summed E-state index contributed by atoms with van der Waals surface area (Å²) in [5, 5.41) is 0.241. The summed E-state index contributed by atoms with van der Waals surface area (Å²) < 4.78 is 34.5. The van der Waals surface area contributed by atoms with E-state index in [1.807, 2.05) is 30.3 Å². The van der Waals surface area contributed by atoms with Crippen molar-refractivity contribution in [3.63, 3.8) is 0 Å². The van der Waals surface area contributed by atoms with E-state index in [1.54, 1.807) is 0 Å². The van der Waals surface area contributed by atoms with Gasteiger partial charge in [0.2, 0.25) is 0 Å². The van der Waals surface area contributed by atoms with Crippen LogP contribution in [0.1, 0.15) is 11.4 Å². The molecule has 24 heavy (non-hydrogen) atoms. The molecule has 0 amide bonds.